The summed E-state index contributed by atoms with van der Waals surface area (Å²) in [6, 6.07) is 6.97. The molecule has 204 valence electrons. The molecule has 2 aliphatic carbocycles. The van der Waals surface area contributed by atoms with Gasteiger partial charge in [-0.15, -0.1) is 0 Å². The van der Waals surface area contributed by atoms with Gasteiger partial charge in [0.25, 0.3) is 0 Å². The highest BCUT2D eigenvalue weighted by atomic mass is 32.2. The van der Waals surface area contributed by atoms with Crippen LogP contribution >= 0.6 is 23.5 Å². The van der Waals surface area contributed by atoms with Crippen LogP contribution in [0.4, 0.5) is 0 Å². The van der Waals surface area contributed by atoms with E-state index in [1.165, 1.54) is 24.3 Å². The number of hydrogen-bond donors (Lipinski definition) is 0. The zero-order chi connectivity index (χ0) is 28.5. The highest BCUT2D eigenvalue weighted by molar-refractivity contribution is 7.98. The molecular weight excluding hydrogens is 561 g/mol. The summed E-state index contributed by atoms with van der Waals surface area (Å²) in [5.41, 5.74) is -0.264. The summed E-state index contributed by atoms with van der Waals surface area (Å²) >= 11 is 3.09. The Balaban J connectivity index is 1.61. The van der Waals surface area contributed by atoms with Gasteiger partial charge in [0.2, 0.25) is 9.84 Å². The molecule has 2 aliphatic rings. The van der Waals surface area contributed by atoms with E-state index >= 15 is 0 Å². The van der Waals surface area contributed by atoms with E-state index in [1.54, 1.807) is 23.5 Å². The van der Waals surface area contributed by atoms with Gasteiger partial charge in [-0.1, -0.05) is 0 Å². The largest absolute Gasteiger partial charge is 0.298 e. The average molecular weight is 587 g/mol. The molecule has 2 aromatic rings. The molecular formula is C28H26O8S3. The van der Waals surface area contributed by atoms with E-state index in [2.05, 4.69) is 0 Å². The van der Waals surface area contributed by atoms with Crippen molar-refractivity contribution >= 4 is 68.1 Å². The Bertz CT molecular complexity index is 1420. The van der Waals surface area contributed by atoms with Gasteiger partial charge >= 0.3 is 0 Å². The molecule has 2 aromatic carbocycles. The number of benzene rings is 2. The molecule has 0 fully saturated rings. The Morgan fingerprint density at radius 2 is 1.00 bits per heavy atom. The molecule has 0 aromatic heterocycles. The highest BCUT2D eigenvalue weighted by Crippen LogP contribution is 2.35. The van der Waals surface area contributed by atoms with Gasteiger partial charge in [-0.25, -0.2) is 8.42 Å². The Morgan fingerprint density at radius 3 is 1.36 bits per heavy atom. The minimum Gasteiger partial charge on any atom is -0.298 e. The molecule has 0 N–H and O–H groups in total. The van der Waals surface area contributed by atoms with Crippen molar-refractivity contribution in [3.05, 3.63) is 58.7 Å². The van der Waals surface area contributed by atoms with Gasteiger partial charge in [0.1, 0.15) is 11.8 Å². The van der Waals surface area contributed by atoms with Gasteiger partial charge in [0.15, 0.2) is 34.7 Å². The van der Waals surface area contributed by atoms with E-state index in [1.807, 2.05) is 12.5 Å². The van der Waals surface area contributed by atoms with Crippen molar-refractivity contribution in [2.24, 2.45) is 11.8 Å². The Kier molecular flexibility index (Phi) is 8.72. The van der Waals surface area contributed by atoms with E-state index < -0.39 is 56.4 Å². The highest BCUT2D eigenvalue weighted by Gasteiger charge is 2.45. The zero-order valence-corrected chi connectivity index (χ0v) is 23.8. The number of carbonyl (C=O) groups is 6. The molecule has 0 saturated heterocycles. The number of Topliss-reactive ketones (excluding diaryl/α,β-unsaturated/α-hetero) is 6. The molecule has 0 saturated carbocycles. The smallest absolute Gasteiger partial charge is 0.206 e. The summed E-state index contributed by atoms with van der Waals surface area (Å²) in [6.45, 7) is 0. The van der Waals surface area contributed by atoms with Gasteiger partial charge < -0.3 is 0 Å². The quantitative estimate of drug-likeness (QED) is 0.266. The van der Waals surface area contributed by atoms with Crippen LogP contribution in [0.15, 0.2) is 46.2 Å². The van der Waals surface area contributed by atoms with E-state index in [4.69, 9.17) is 0 Å². The number of sulfone groups is 1. The van der Waals surface area contributed by atoms with E-state index in [9.17, 15) is 37.2 Å². The molecule has 0 bridgehead atoms. The lowest BCUT2D eigenvalue weighted by molar-refractivity contribution is -0.121. The molecule has 0 radical (unpaired) electrons. The third-order valence-electron chi connectivity index (χ3n) is 6.90. The van der Waals surface area contributed by atoms with Crippen LogP contribution in [0.25, 0.3) is 0 Å². The number of carbonyl (C=O) groups excluding carboxylic acids is 6. The molecule has 0 heterocycles. The summed E-state index contributed by atoms with van der Waals surface area (Å²) in [5.74, 6) is -5.21. The lowest BCUT2D eigenvalue weighted by Gasteiger charge is -2.08. The lowest BCUT2D eigenvalue weighted by atomic mass is 9.95. The number of thioether (sulfide) groups is 2. The van der Waals surface area contributed by atoms with Crippen molar-refractivity contribution < 1.29 is 37.2 Å². The lowest BCUT2D eigenvalue weighted by Crippen LogP contribution is -2.25. The van der Waals surface area contributed by atoms with Crippen LogP contribution in [0.5, 0.6) is 0 Å². The third kappa shape index (κ3) is 5.31. The second-order valence-corrected chi connectivity index (χ2v) is 13.3. The van der Waals surface area contributed by atoms with Crippen LogP contribution in [0, 0.1) is 11.8 Å². The van der Waals surface area contributed by atoms with Gasteiger partial charge in [0, 0.05) is 35.1 Å². The molecule has 0 amide bonds. The third-order valence-corrected chi connectivity index (χ3v) is 10.0. The van der Waals surface area contributed by atoms with Crippen LogP contribution in [-0.2, 0) is 19.4 Å². The van der Waals surface area contributed by atoms with E-state index in [0.29, 0.717) is 24.3 Å². The Labute approximate surface area is 234 Å². The second-order valence-electron chi connectivity index (χ2n) is 9.37. The maximum atomic E-state index is 13.5. The van der Waals surface area contributed by atoms with E-state index in [-0.39, 0.29) is 44.9 Å². The summed E-state index contributed by atoms with van der Waals surface area (Å²) in [6.07, 6.45) is 4.97. The fraction of sp³-hybridized carbons (Fsp3) is 0.357. The van der Waals surface area contributed by atoms with Crippen LogP contribution in [0.3, 0.4) is 0 Å². The monoisotopic (exact) mass is 586 g/mol. The van der Waals surface area contributed by atoms with Crippen molar-refractivity contribution in [2.45, 2.75) is 35.5 Å². The minimum absolute atomic E-state index is 0.000258. The van der Waals surface area contributed by atoms with Crippen molar-refractivity contribution in [2.75, 3.05) is 24.0 Å². The maximum absolute atomic E-state index is 13.5. The van der Waals surface area contributed by atoms with Gasteiger partial charge in [-0.2, -0.15) is 23.5 Å². The molecule has 2 atom stereocenters. The fourth-order valence-corrected chi connectivity index (χ4v) is 7.05. The Morgan fingerprint density at radius 1 is 0.641 bits per heavy atom. The number of rotatable bonds is 12. The van der Waals surface area contributed by atoms with Crippen molar-refractivity contribution in [3.63, 3.8) is 0 Å². The molecule has 4 rings (SSSR count). The minimum atomic E-state index is -4.28. The first-order chi connectivity index (χ1) is 18.5. The number of ketones is 6. The summed E-state index contributed by atoms with van der Waals surface area (Å²) in [7, 11) is -4.28. The van der Waals surface area contributed by atoms with Gasteiger partial charge in [-0.3, -0.25) is 28.8 Å². The van der Waals surface area contributed by atoms with Crippen LogP contribution < -0.4 is 0 Å². The second kappa shape index (κ2) is 11.7. The standard InChI is InChI=1S/C28H26O8S3/c1-37-11-3-5-21(29)23-25(31)17-9-7-15(13-19(17)27(23)33)39(35,36)16-8-10-18-20(14-16)28(34)24(26(18)32)22(30)6-4-12-38-2/h7-10,13-14,23-24H,3-6,11-12H2,1-2H3. The van der Waals surface area contributed by atoms with Crippen LogP contribution in [0.1, 0.15) is 67.1 Å². The topological polar surface area (TPSA) is 137 Å². The molecule has 8 nitrogen and oxygen atoms in total. The Hall–Kier alpha value is -2.89. The molecule has 2 unspecified atom stereocenters. The van der Waals surface area contributed by atoms with E-state index in [0.717, 1.165) is 12.1 Å². The number of fused-ring (bicyclic) bond motifs is 2. The van der Waals surface area contributed by atoms with Crippen LogP contribution in [-0.4, -0.2) is 67.1 Å². The van der Waals surface area contributed by atoms with Crippen molar-refractivity contribution in [1.82, 2.24) is 0 Å². The first-order valence-corrected chi connectivity index (χ1v) is 16.5. The molecule has 0 spiro atoms. The predicted molar refractivity (Wildman–Crippen MR) is 148 cm³/mol. The maximum Gasteiger partial charge on any atom is 0.206 e. The van der Waals surface area contributed by atoms with Gasteiger partial charge in [-0.05, 0) is 73.3 Å². The first-order valence-electron chi connectivity index (χ1n) is 12.3. The molecule has 0 aliphatic heterocycles. The van der Waals surface area contributed by atoms with Gasteiger partial charge in [0.05, 0.1) is 9.79 Å². The first kappa shape index (κ1) is 29.1. The molecule has 39 heavy (non-hydrogen) atoms. The normalized spacial score (nSPS) is 18.4. The molecule has 11 heteroatoms. The SMILES string of the molecule is CSCCCC(=O)C1C(=O)c2ccc(S(=O)(=O)c3ccc4c(c3)C(=O)C(C(=O)CCCSC)C4=O)cc2C1=O. The zero-order valence-electron chi connectivity index (χ0n) is 21.4. The summed E-state index contributed by atoms with van der Waals surface area (Å²) in [5, 5.41) is 0. The van der Waals surface area contributed by atoms with Crippen LogP contribution in [0.2, 0.25) is 0 Å². The summed E-state index contributed by atoms with van der Waals surface area (Å²) in [4.78, 5) is 76.1. The van der Waals surface area contributed by atoms with Crippen molar-refractivity contribution in [3.8, 4) is 0 Å². The number of hydrogen-bond acceptors (Lipinski definition) is 10. The average Bonchev–Trinajstić information content (AvgIpc) is 3.32. The summed E-state index contributed by atoms with van der Waals surface area (Å²) < 4.78 is 26.9. The fourth-order valence-electron chi connectivity index (χ4n) is 4.87. The van der Waals surface area contributed by atoms with Crippen molar-refractivity contribution in [1.29, 1.82) is 0 Å². The predicted octanol–water partition coefficient (Wildman–Crippen LogP) is 3.93.